The Hall–Kier alpha value is -1.62. The zero-order valence-electron chi connectivity index (χ0n) is 10.1. The number of aromatic nitrogens is 1. The maximum atomic E-state index is 12.1. The summed E-state index contributed by atoms with van der Waals surface area (Å²) in [6, 6.07) is 3.40. The Morgan fingerprint density at radius 3 is 2.59 bits per heavy atom. The molecule has 0 aliphatic carbocycles. The number of piperazine rings is 1. The molecule has 0 radical (unpaired) electrons. The van der Waals surface area contributed by atoms with Gasteiger partial charge in [-0.3, -0.25) is 4.79 Å². The summed E-state index contributed by atoms with van der Waals surface area (Å²) in [4.78, 5) is 20.4. The van der Waals surface area contributed by atoms with Gasteiger partial charge < -0.3 is 15.5 Å². The van der Waals surface area contributed by atoms with Crippen LogP contribution < -0.4 is 5.73 Å². The Balaban J connectivity index is 1.99. The number of amides is 1. The second-order valence-corrected chi connectivity index (χ2v) is 4.20. The number of hydrogen-bond donors (Lipinski definition) is 1. The van der Waals surface area contributed by atoms with Crippen LogP contribution in [0.1, 0.15) is 17.4 Å². The smallest absolute Gasteiger partial charge is 0.272 e. The summed E-state index contributed by atoms with van der Waals surface area (Å²) in [5.41, 5.74) is 6.60. The fourth-order valence-electron chi connectivity index (χ4n) is 1.96. The summed E-state index contributed by atoms with van der Waals surface area (Å²) in [6.45, 7) is 6.62. The molecular formula is C12H18N4O. The van der Waals surface area contributed by atoms with Crippen molar-refractivity contribution in [2.24, 2.45) is 0 Å². The zero-order valence-corrected chi connectivity index (χ0v) is 10.1. The summed E-state index contributed by atoms with van der Waals surface area (Å²) >= 11 is 0. The van der Waals surface area contributed by atoms with Crippen molar-refractivity contribution in [3.63, 3.8) is 0 Å². The molecule has 1 fully saturated rings. The van der Waals surface area contributed by atoms with Gasteiger partial charge in [0.2, 0.25) is 0 Å². The quantitative estimate of drug-likeness (QED) is 0.806. The van der Waals surface area contributed by atoms with Crippen LogP contribution in [0, 0.1) is 0 Å². The molecular weight excluding hydrogens is 216 g/mol. The lowest BCUT2D eigenvalue weighted by molar-refractivity contribution is 0.0637. The van der Waals surface area contributed by atoms with Gasteiger partial charge in [-0.1, -0.05) is 6.92 Å². The van der Waals surface area contributed by atoms with E-state index in [-0.39, 0.29) is 5.91 Å². The third-order valence-electron chi connectivity index (χ3n) is 3.11. The number of nitrogens with two attached hydrogens (primary N) is 1. The molecule has 1 aromatic heterocycles. The first-order valence-corrected chi connectivity index (χ1v) is 5.94. The lowest BCUT2D eigenvalue weighted by Gasteiger charge is -2.33. The van der Waals surface area contributed by atoms with Gasteiger partial charge in [0.1, 0.15) is 5.69 Å². The molecule has 0 bridgehead atoms. The van der Waals surface area contributed by atoms with Crippen LogP contribution >= 0.6 is 0 Å². The highest BCUT2D eigenvalue weighted by Crippen LogP contribution is 2.08. The standard InChI is InChI=1S/C12H18N4O/c1-2-15-5-7-16(8-6-15)12(17)11-4-3-10(13)9-14-11/h3-4,9H,2,5-8,13H2,1H3. The number of nitrogen functional groups attached to an aromatic ring is 1. The van der Waals surface area contributed by atoms with E-state index >= 15 is 0 Å². The lowest BCUT2D eigenvalue weighted by Crippen LogP contribution is -2.48. The van der Waals surface area contributed by atoms with E-state index in [2.05, 4.69) is 16.8 Å². The van der Waals surface area contributed by atoms with Crippen LogP contribution in [-0.2, 0) is 0 Å². The molecule has 2 heterocycles. The highest BCUT2D eigenvalue weighted by Gasteiger charge is 2.21. The summed E-state index contributed by atoms with van der Waals surface area (Å²) in [6.07, 6.45) is 1.52. The SMILES string of the molecule is CCN1CCN(C(=O)c2ccc(N)cn2)CC1. The monoisotopic (exact) mass is 234 g/mol. The van der Waals surface area contributed by atoms with E-state index in [1.165, 1.54) is 6.20 Å². The Bertz CT molecular complexity index is 382. The van der Waals surface area contributed by atoms with Crippen LogP contribution in [0.5, 0.6) is 0 Å². The molecule has 1 aromatic rings. The van der Waals surface area contributed by atoms with E-state index in [4.69, 9.17) is 5.73 Å². The molecule has 1 aliphatic heterocycles. The second kappa shape index (κ2) is 5.14. The molecule has 5 nitrogen and oxygen atoms in total. The molecule has 0 unspecified atom stereocenters. The lowest BCUT2D eigenvalue weighted by atomic mass is 10.2. The molecule has 92 valence electrons. The predicted octanol–water partition coefficient (Wildman–Crippen LogP) is 0.441. The molecule has 1 amide bonds. The maximum Gasteiger partial charge on any atom is 0.272 e. The minimum absolute atomic E-state index is 0.000697. The van der Waals surface area contributed by atoms with Gasteiger partial charge in [0.25, 0.3) is 5.91 Å². The number of carbonyl (C=O) groups is 1. The van der Waals surface area contributed by atoms with Gasteiger partial charge in [0.05, 0.1) is 11.9 Å². The fourth-order valence-corrected chi connectivity index (χ4v) is 1.96. The van der Waals surface area contributed by atoms with Crippen molar-refractivity contribution in [3.05, 3.63) is 24.0 Å². The minimum Gasteiger partial charge on any atom is -0.397 e. The van der Waals surface area contributed by atoms with E-state index in [0.717, 1.165) is 32.7 Å². The highest BCUT2D eigenvalue weighted by atomic mass is 16.2. The maximum absolute atomic E-state index is 12.1. The zero-order chi connectivity index (χ0) is 12.3. The molecule has 0 atom stereocenters. The van der Waals surface area contributed by atoms with Crippen LogP contribution in [-0.4, -0.2) is 53.4 Å². The molecule has 5 heteroatoms. The summed E-state index contributed by atoms with van der Waals surface area (Å²) in [5.74, 6) is 0.000697. The molecule has 0 spiro atoms. The van der Waals surface area contributed by atoms with E-state index in [1.54, 1.807) is 12.1 Å². The van der Waals surface area contributed by atoms with Gasteiger partial charge in [0.15, 0.2) is 0 Å². The first-order valence-electron chi connectivity index (χ1n) is 5.94. The van der Waals surface area contributed by atoms with E-state index in [1.807, 2.05) is 4.90 Å². The minimum atomic E-state index is 0.000697. The molecule has 0 aromatic carbocycles. The van der Waals surface area contributed by atoms with Crippen molar-refractivity contribution < 1.29 is 4.79 Å². The third-order valence-corrected chi connectivity index (χ3v) is 3.11. The average Bonchev–Trinajstić information content (AvgIpc) is 2.39. The Morgan fingerprint density at radius 2 is 2.06 bits per heavy atom. The van der Waals surface area contributed by atoms with Gasteiger partial charge in [0, 0.05) is 26.2 Å². The van der Waals surface area contributed by atoms with Gasteiger partial charge in [-0.15, -0.1) is 0 Å². The van der Waals surface area contributed by atoms with Gasteiger partial charge >= 0.3 is 0 Å². The van der Waals surface area contributed by atoms with E-state index < -0.39 is 0 Å². The first-order chi connectivity index (χ1) is 8.20. The van der Waals surface area contributed by atoms with Crippen LogP contribution in [0.2, 0.25) is 0 Å². The van der Waals surface area contributed by atoms with E-state index in [0.29, 0.717) is 11.4 Å². The summed E-state index contributed by atoms with van der Waals surface area (Å²) in [7, 11) is 0. The number of carbonyl (C=O) groups excluding carboxylic acids is 1. The highest BCUT2D eigenvalue weighted by molar-refractivity contribution is 5.92. The van der Waals surface area contributed by atoms with Gasteiger partial charge in [-0.05, 0) is 18.7 Å². The second-order valence-electron chi connectivity index (χ2n) is 4.20. The van der Waals surface area contributed by atoms with Crippen LogP contribution in [0.4, 0.5) is 5.69 Å². The predicted molar refractivity (Wildman–Crippen MR) is 66.7 cm³/mol. The summed E-state index contributed by atoms with van der Waals surface area (Å²) in [5, 5.41) is 0. The Morgan fingerprint density at radius 1 is 1.35 bits per heavy atom. The van der Waals surface area contributed by atoms with Crippen molar-refractivity contribution in [2.75, 3.05) is 38.5 Å². The van der Waals surface area contributed by atoms with Crippen molar-refractivity contribution in [1.82, 2.24) is 14.8 Å². The van der Waals surface area contributed by atoms with Crippen molar-refractivity contribution in [3.8, 4) is 0 Å². The largest absolute Gasteiger partial charge is 0.397 e. The number of anilines is 1. The van der Waals surface area contributed by atoms with E-state index in [9.17, 15) is 4.79 Å². The molecule has 1 aliphatic rings. The molecule has 2 N–H and O–H groups in total. The molecule has 1 saturated heterocycles. The Kier molecular flexibility index (Phi) is 3.58. The number of nitrogens with zero attached hydrogens (tertiary/aromatic N) is 3. The molecule has 2 rings (SSSR count). The number of pyridine rings is 1. The van der Waals surface area contributed by atoms with Gasteiger partial charge in [-0.2, -0.15) is 0 Å². The third kappa shape index (κ3) is 2.74. The first kappa shape index (κ1) is 11.9. The topological polar surface area (TPSA) is 62.5 Å². The average molecular weight is 234 g/mol. The number of hydrogen-bond acceptors (Lipinski definition) is 4. The van der Waals surface area contributed by atoms with Crippen molar-refractivity contribution in [2.45, 2.75) is 6.92 Å². The molecule has 17 heavy (non-hydrogen) atoms. The summed E-state index contributed by atoms with van der Waals surface area (Å²) < 4.78 is 0. The fraction of sp³-hybridized carbons (Fsp3) is 0.500. The number of rotatable bonds is 2. The number of likely N-dealkylation sites (N-methyl/N-ethyl adjacent to an activating group) is 1. The van der Waals surface area contributed by atoms with Crippen LogP contribution in [0.3, 0.4) is 0 Å². The van der Waals surface area contributed by atoms with Crippen LogP contribution in [0.15, 0.2) is 18.3 Å². The molecule has 0 saturated carbocycles. The van der Waals surface area contributed by atoms with Crippen molar-refractivity contribution >= 4 is 11.6 Å². The normalized spacial score (nSPS) is 17.1. The van der Waals surface area contributed by atoms with Crippen LogP contribution in [0.25, 0.3) is 0 Å². The van der Waals surface area contributed by atoms with Crippen molar-refractivity contribution in [1.29, 1.82) is 0 Å². The Labute approximate surface area is 101 Å². The van der Waals surface area contributed by atoms with Gasteiger partial charge in [-0.25, -0.2) is 4.98 Å².